The Balaban J connectivity index is 1.93. The molecule has 0 aliphatic heterocycles. The quantitative estimate of drug-likeness (QED) is 0.847. The van der Waals surface area contributed by atoms with Gasteiger partial charge in [0.15, 0.2) is 5.78 Å². The van der Waals surface area contributed by atoms with Crippen molar-refractivity contribution < 1.29 is 14.3 Å². The van der Waals surface area contributed by atoms with Crippen molar-refractivity contribution in [2.75, 3.05) is 5.75 Å². The molecule has 0 atom stereocenters. The van der Waals surface area contributed by atoms with E-state index in [4.69, 9.17) is 0 Å². The Morgan fingerprint density at radius 1 is 1.16 bits per heavy atom. The van der Waals surface area contributed by atoms with Gasteiger partial charge in [0.1, 0.15) is 11.6 Å². The molecule has 1 N–H and O–H groups in total. The first kappa shape index (κ1) is 13.6. The maximum atomic E-state index is 13.0. The number of carbonyl (C=O) groups is 1. The molecule has 19 heavy (non-hydrogen) atoms. The van der Waals surface area contributed by atoms with Gasteiger partial charge in [-0.1, -0.05) is 30.3 Å². The largest absolute Gasteiger partial charge is 0.507 e. The predicted molar refractivity (Wildman–Crippen MR) is 75.0 cm³/mol. The summed E-state index contributed by atoms with van der Waals surface area (Å²) in [6.45, 7) is 0. The summed E-state index contributed by atoms with van der Waals surface area (Å²) in [6.07, 6.45) is 0. The highest BCUT2D eigenvalue weighted by Crippen LogP contribution is 2.21. The van der Waals surface area contributed by atoms with Gasteiger partial charge in [-0.2, -0.15) is 0 Å². The summed E-state index contributed by atoms with van der Waals surface area (Å²) in [6, 6.07) is 13.2. The molecule has 0 saturated heterocycles. The summed E-state index contributed by atoms with van der Waals surface area (Å²) in [7, 11) is 0. The van der Waals surface area contributed by atoms with Gasteiger partial charge in [0.2, 0.25) is 0 Å². The Bertz CT molecular complexity index is 570. The van der Waals surface area contributed by atoms with Crippen LogP contribution >= 0.6 is 11.8 Å². The molecule has 0 amide bonds. The first-order valence-electron chi connectivity index (χ1n) is 5.80. The second-order valence-electron chi connectivity index (χ2n) is 4.06. The molecule has 0 spiro atoms. The molecule has 0 aliphatic rings. The highest BCUT2D eigenvalue weighted by Gasteiger charge is 2.12. The Labute approximate surface area is 115 Å². The third-order valence-corrected chi connectivity index (χ3v) is 3.61. The van der Waals surface area contributed by atoms with Crippen molar-refractivity contribution >= 4 is 17.5 Å². The van der Waals surface area contributed by atoms with Gasteiger partial charge in [0, 0.05) is 5.75 Å². The number of hydrogen-bond acceptors (Lipinski definition) is 3. The van der Waals surface area contributed by atoms with Crippen LogP contribution in [0.5, 0.6) is 5.75 Å². The fourth-order valence-corrected chi connectivity index (χ4v) is 2.52. The number of benzene rings is 2. The molecule has 2 nitrogen and oxygen atoms in total. The summed E-state index contributed by atoms with van der Waals surface area (Å²) in [5, 5.41) is 9.52. The fourth-order valence-electron chi connectivity index (χ4n) is 1.65. The van der Waals surface area contributed by atoms with Gasteiger partial charge in [-0.15, -0.1) is 11.8 Å². The summed E-state index contributed by atoms with van der Waals surface area (Å²) in [5.41, 5.74) is 1.17. The van der Waals surface area contributed by atoms with Crippen molar-refractivity contribution in [3.8, 4) is 5.75 Å². The second-order valence-corrected chi connectivity index (χ2v) is 5.05. The zero-order valence-electron chi connectivity index (χ0n) is 10.2. The third-order valence-electron chi connectivity index (χ3n) is 2.60. The lowest BCUT2D eigenvalue weighted by atomic mass is 10.1. The van der Waals surface area contributed by atoms with Crippen molar-refractivity contribution in [1.82, 2.24) is 0 Å². The van der Waals surface area contributed by atoms with Gasteiger partial charge < -0.3 is 5.11 Å². The van der Waals surface area contributed by atoms with Crippen LogP contribution in [0.4, 0.5) is 4.39 Å². The Morgan fingerprint density at radius 2 is 1.89 bits per heavy atom. The minimum absolute atomic E-state index is 0.0422. The smallest absolute Gasteiger partial charge is 0.176 e. The molecular weight excluding hydrogens is 263 g/mol. The van der Waals surface area contributed by atoms with Crippen LogP contribution in [-0.4, -0.2) is 16.6 Å². The standard InChI is InChI=1S/C15H13FO2S/c16-12-6-7-14(17)13(8-12)15(18)10-19-9-11-4-2-1-3-5-11/h1-8,17H,9-10H2. The van der Waals surface area contributed by atoms with Gasteiger partial charge in [0.05, 0.1) is 11.3 Å². The van der Waals surface area contributed by atoms with E-state index in [1.165, 1.54) is 17.8 Å². The van der Waals surface area contributed by atoms with E-state index in [-0.39, 0.29) is 22.8 Å². The van der Waals surface area contributed by atoms with E-state index in [9.17, 15) is 14.3 Å². The maximum Gasteiger partial charge on any atom is 0.176 e. The van der Waals surface area contributed by atoms with Gasteiger partial charge in [-0.05, 0) is 23.8 Å². The molecule has 2 aromatic carbocycles. The topological polar surface area (TPSA) is 37.3 Å². The van der Waals surface area contributed by atoms with Gasteiger partial charge in [-0.3, -0.25) is 4.79 Å². The zero-order valence-corrected chi connectivity index (χ0v) is 11.0. The van der Waals surface area contributed by atoms with Crippen LogP contribution in [0.2, 0.25) is 0 Å². The van der Waals surface area contributed by atoms with Crippen molar-refractivity contribution in [1.29, 1.82) is 0 Å². The van der Waals surface area contributed by atoms with Crippen LogP contribution in [0.3, 0.4) is 0 Å². The first-order valence-corrected chi connectivity index (χ1v) is 6.95. The lowest BCUT2D eigenvalue weighted by Gasteiger charge is -2.04. The minimum Gasteiger partial charge on any atom is -0.507 e. The van der Waals surface area contributed by atoms with Crippen LogP contribution in [0.15, 0.2) is 48.5 Å². The van der Waals surface area contributed by atoms with Gasteiger partial charge >= 0.3 is 0 Å². The second kappa shape index (κ2) is 6.38. The third kappa shape index (κ3) is 3.83. The zero-order chi connectivity index (χ0) is 13.7. The Kier molecular flexibility index (Phi) is 4.58. The van der Waals surface area contributed by atoms with Crippen molar-refractivity contribution in [3.05, 3.63) is 65.5 Å². The fraction of sp³-hybridized carbons (Fsp3) is 0.133. The van der Waals surface area contributed by atoms with E-state index in [1.54, 1.807) is 0 Å². The van der Waals surface area contributed by atoms with Gasteiger partial charge in [0.25, 0.3) is 0 Å². The normalized spacial score (nSPS) is 10.4. The van der Waals surface area contributed by atoms with E-state index in [0.717, 1.165) is 17.7 Å². The lowest BCUT2D eigenvalue weighted by molar-refractivity contribution is 0.101. The molecular formula is C15H13FO2S. The lowest BCUT2D eigenvalue weighted by Crippen LogP contribution is -2.03. The monoisotopic (exact) mass is 276 g/mol. The van der Waals surface area contributed by atoms with E-state index in [0.29, 0.717) is 5.75 Å². The van der Waals surface area contributed by atoms with Gasteiger partial charge in [-0.25, -0.2) is 4.39 Å². The summed E-state index contributed by atoms with van der Waals surface area (Å²) < 4.78 is 13.0. The molecule has 0 aromatic heterocycles. The Morgan fingerprint density at radius 3 is 2.63 bits per heavy atom. The van der Waals surface area contributed by atoms with Crippen LogP contribution in [0.1, 0.15) is 15.9 Å². The number of rotatable bonds is 5. The summed E-state index contributed by atoms with van der Waals surface area (Å²) in [4.78, 5) is 11.9. The van der Waals surface area contributed by atoms with E-state index in [1.807, 2.05) is 30.3 Å². The SMILES string of the molecule is O=C(CSCc1ccccc1)c1cc(F)ccc1O. The van der Waals surface area contributed by atoms with Crippen LogP contribution < -0.4 is 0 Å². The average Bonchev–Trinajstić information content (AvgIpc) is 2.42. The van der Waals surface area contributed by atoms with Crippen molar-refractivity contribution in [3.63, 3.8) is 0 Å². The number of phenolic OH excluding ortho intramolecular Hbond substituents is 1. The molecule has 2 aromatic rings. The highest BCUT2D eigenvalue weighted by atomic mass is 32.2. The van der Waals surface area contributed by atoms with Crippen LogP contribution in [-0.2, 0) is 5.75 Å². The maximum absolute atomic E-state index is 13.0. The molecule has 0 fully saturated rings. The number of hydrogen-bond donors (Lipinski definition) is 1. The molecule has 4 heteroatoms. The molecule has 98 valence electrons. The predicted octanol–water partition coefficient (Wildman–Crippen LogP) is 3.65. The number of aromatic hydroxyl groups is 1. The van der Waals surface area contributed by atoms with E-state index in [2.05, 4.69) is 0 Å². The van der Waals surface area contributed by atoms with E-state index >= 15 is 0 Å². The molecule has 2 rings (SSSR count). The Hall–Kier alpha value is -1.81. The first-order chi connectivity index (χ1) is 9.16. The molecule has 0 radical (unpaired) electrons. The molecule has 0 unspecified atom stereocenters. The molecule has 0 heterocycles. The van der Waals surface area contributed by atoms with Crippen LogP contribution in [0.25, 0.3) is 0 Å². The number of carbonyl (C=O) groups excluding carboxylic acids is 1. The van der Waals surface area contributed by atoms with Crippen LogP contribution in [0, 0.1) is 5.82 Å². The average molecular weight is 276 g/mol. The minimum atomic E-state index is -0.519. The number of phenols is 1. The number of halogens is 1. The van der Waals surface area contributed by atoms with Crippen molar-refractivity contribution in [2.24, 2.45) is 0 Å². The summed E-state index contributed by atoms with van der Waals surface area (Å²) in [5.74, 6) is -0.0342. The number of ketones is 1. The van der Waals surface area contributed by atoms with Crippen molar-refractivity contribution in [2.45, 2.75) is 5.75 Å². The summed E-state index contributed by atoms with van der Waals surface area (Å²) >= 11 is 1.44. The molecule has 0 aliphatic carbocycles. The molecule has 0 bridgehead atoms. The number of Topliss-reactive ketones (excluding diaryl/α,β-unsaturated/α-hetero) is 1. The molecule has 0 saturated carbocycles. The van der Waals surface area contributed by atoms with E-state index < -0.39 is 5.82 Å². The highest BCUT2D eigenvalue weighted by molar-refractivity contribution is 7.99. The number of thioether (sulfide) groups is 1.